The third kappa shape index (κ3) is 4.55. The maximum Gasteiger partial charge on any atom is 0.337 e. The minimum absolute atomic E-state index is 0.00301. The van der Waals surface area contributed by atoms with Crippen molar-refractivity contribution in [1.82, 2.24) is 5.32 Å². The molecule has 0 saturated heterocycles. The van der Waals surface area contributed by atoms with Crippen LogP contribution >= 0.6 is 0 Å². The van der Waals surface area contributed by atoms with Crippen LogP contribution in [0.15, 0.2) is 60.2 Å². The van der Waals surface area contributed by atoms with Crippen molar-refractivity contribution in [2.24, 2.45) is 0 Å². The highest BCUT2D eigenvalue weighted by Crippen LogP contribution is 2.10. The normalized spacial score (nSPS) is 10.6. The number of rotatable bonds is 5. The summed E-state index contributed by atoms with van der Waals surface area (Å²) in [5.41, 5.74) is 2.00. The number of nitrogens with zero attached hydrogens (tertiary/aromatic N) is 1. The van der Waals surface area contributed by atoms with Crippen molar-refractivity contribution in [3.63, 3.8) is 0 Å². The van der Waals surface area contributed by atoms with Crippen LogP contribution in [0.5, 0.6) is 0 Å². The van der Waals surface area contributed by atoms with Crippen LogP contribution in [0.4, 0.5) is 0 Å². The summed E-state index contributed by atoms with van der Waals surface area (Å²) >= 11 is 0. The molecule has 0 aromatic heterocycles. The lowest BCUT2D eigenvalue weighted by Crippen LogP contribution is -2.23. The number of hydrogen-bond acceptors (Lipinski definition) is 4. The highest BCUT2D eigenvalue weighted by molar-refractivity contribution is 6.01. The molecule has 2 aromatic rings. The Balaban J connectivity index is 2.06. The Morgan fingerprint density at radius 3 is 2.38 bits per heavy atom. The zero-order chi connectivity index (χ0) is 17.4. The zero-order valence-corrected chi connectivity index (χ0v) is 13.2. The quantitative estimate of drug-likeness (QED) is 0.522. The Labute approximate surface area is 140 Å². The van der Waals surface area contributed by atoms with Gasteiger partial charge in [0.15, 0.2) is 0 Å². The predicted molar refractivity (Wildman–Crippen MR) is 89.7 cm³/mol. The van der Waals surface area contributed by atoms with Crippen LogP contribution in [0.3, 0.4) is 0 Å². The number of nitrogens with one attached hydrogen (secondary N) is 1. The Morgan fingerprint density at radius 1 is 1.12 bits per heavy atom. The first-order valence-electron chi connectivity index (χ1n) is 7.26. The molecule has 120 valence electrons. The molecule has 0 heterocycles. The summed E-state index contributed by atoms with van der Waals surface area (Å²) < 4.78 is 4.62. The fourth-order valence-electron chi connectivity index (χ4n) is 2.02. The Bertz CT molecular complexity index is 788. The van der Waals surface area contributed by atoms with Gasteiger partial charge in [-0.2, -0.15) is 5.26 Å². The molecule has 0 aliphatic carbocycles. The van der Waals surface area contributed by atoms with Crippen LogP contribution < -0.4 is 5.32 Å². The first-order chi connectivity index (χ1) is 11.6. The highest BCUT2D eigenvalue weighted by Gasteiger charge is 2.09. The van der Waals surface area contributed by atoms with E-state index in [2.05, 4.69) is 10.1 Å². The van der Waals surface area contributed by atoms with Crippen LogP contribution in [-0.2, 0) is 16.1 Å². The average Bonchev–Trinajstić information content (AvgIpc) is 2.64. The van der Waals surface area contributed by atoms with Crippen LogP contribution in [0.1, 0.15) is 21.5 Å². The van der Waals surface area contributed by atoms with E-state index in [-0.39, 0.29) is 5.57 Å². The second-order valence-corrected chi connectivity index (χ2v) is 4.95. The molecule has 5 heteroatoms. The first kappa shape index (κ1) is 17.0. The second kappa shape index (κ2) is 8.30. The molecule has 2 rings (SSSR count). The molecule has 5 nitrogen and oxygen atoms in total. The van der Waals surface area contributed by atoms with Crippen LogP contribution in [-0.4, -0.2) is 19.0 Å². The van der Waals surface area contributed by atoms with E-state index in [9.17, 15) is 14.9 Å². The van der Waals surface area contributed by atoms with Crippen molar-refractivity contribution < 1.29 is 14.3 Å². The van der Waals surface area contributed by atoms with Gasteiger partial charge in [0.25, 0.3) is 5.91 Å². The fourth-order valence-corrected chi connectivity index (χ4v) is 2.02. The first-order valence-corrected chi connectivity index (χ1v) is 7.26. The van der Waals surface area contributed by atoms with Crippen LogP contribution in [0.2, 0.25) is 0 Å². The lowest BCUT2D eigenvalue weighted by atomic mass is 10.1. The van der Waals surface area contributed by atoms with Gasteiger partial charge in [0, 0.05) is 6.54 Å². The Hall–Kier alpha value is -3.39. The number of nitriles is 1. The van der Waals surface area contributed by atoms with Gasteiger partial charge in [0.1, 0.15) is 11.6 Å². The molecule has 2 aromatic carbocycles. The Kier molecular flexibility index (Phi) is 5.87. The van der Waals surface area contributed by atoms with Gasteiger partial charge in [0.2, 0.25) is 0 Å². The molecule has 0 fully saturated rings. The zero-order valence-electron chi connectivity index (χ0n) is 13.2. The van der Waals surface area contributed by atoms with E-state index in [0.717, 1.165) is 5.56 Å². The molecule has 0 aliphatic heterocycles. The van der Waals surface area contributed by atoms with E-state index in [1.54, 1.807) is 24.3 Å². The summed E-state index contributed by atoms with van der Waals surface area (Å²) in [5.74, 6) is -0.884. The predicted octanol–water partition coefficient (Wildman–Crippen LogP) is 2.70. The number of methoxy groups -OCH3 is 1. The molecule has 24 heavy (non-hydrogen) atoms. The summed E-state index contributed by atoms with van der Waals surface area (Å²) in [4.78, 5) is 23.5. The molecule has 0 aliphatic rings. The van der Waals surface area contributed by atoms with Gasteiger partial charge >= 0.3 is 5.97 Å². The van der Waals surface area contributed by atoms with Gasteiger partial charge in [-0.05, 0) is 29.3 Å². The van der Waals surface area contributed by atoms with Crippen molar-refractivity contribution in [2.75, 3.05) is 7.11 Å². The molecule has 0 saturated carbocycles. The molecule has 1 N–H and O–H groups in total. The van der Waals surface area contributed by atoms with Crippen molar-refractivity contribution in [1.29, 1.82) is 5.26 Å². The maximum atomic E-state index is 12.1. The van der Waals surface area contributed by atoms with Gasteiger partial charge < -0.3 is 10.1 Å². The third-order valence-electron chi connectivity index (χ3n) is 3.30. The largest absolute Gasteiger partial charge is 0.465 e. The average molecular weight is 320 g/mol. The Morgan fingerprint density at radius 2 is 1.79 bits per heavy atom. The molecule has 0 unspecified atom stereocenters. The van der Waals surface area contributed by atoms with Gasteiger partial charge in [-0.1, -0.05) is 42.5 Å². The van der Waals surface area contributed by atoms with E-state index in [1.807, 2.05) is 36.4 Å². The van der Waals surface area contributed by atoms with Crippen molar-refractivity contribution in [2.45, 2.75) is 6.54 Å². The van der Waals surface area contributed by atoms with Gasteiger partial charge in [-0.25, -0.2) is 4.79 Å². The minimum Gasteiger partial charge on any atom is -0.465 e. The topological polar surface area (TPSA) is 79.2 Å². The molecule has 0 spiro atoms. The fraction of sp³-hybridized carbons (Fsp3) is 0.105. The SMILES string of the molecule is COC(=O)c1ccc(/C=C(/C#N)C(=O)NCc2ccccc2)cc1. The molecule has 0 bridgehead atoms. The van der Waals surface area contributed by atoms with Gasteiger partial charge in [-0.3, -0.25) is 4.79 Å². The van der Waals surface area contributed by atoms with Gasteiger partial charge in [0.05, 0.1) is 12.7 Å². The number of carbonyl (C=O) groups is 2. The summed E-state index contributed by atoms with van der Waals surface area (Å²) in [6.07, 6.45) is 1.47. The second-order valence-electron chi connectivity index (χ2n) is 4.95. The molecule has 0 atom stereocenters. The van der Waals surface area contributed by atoms with Crippen molar-refractivity contribution in [3.05, 3.63) is 76.9 Å². The lowest BCUT2D eigenvalue weighted by Gasteiger charge is -2.04. The van der Waals surface area contributed by atoms with Crippen molar-refractivity contribution >= 4 is 18.0 Å². The van der Waals surface area contributed by atoms with Crippen LogP contribution in [0, 0.1) is 11.3 Å². The lowest BCUT2D eigenvalue weighted by molar-refractivity contribution is -0.117. The van der Waals surface area contributed by atoms with Crippen LogP contribution in [0.25, 0.3) is 6.08 Å². The minimum atomic E-state index is -0.446. The molecule has 1 amide bonds. The highest BCUT2D eigenvalue weighted by atomic mass is 16.5. The molecule has 0 radical (unpaired) electrons. The monoisotopic (exact) mass is 320 g/mol. The molecular weight excluding hydrogens is 304 g/mol. The summed E-state index contributed by atoms with van der Waals surface area (Å²) in [6.45, 7) is 0.347. The number of amides is 1. The van der Waals surface area contributed by atoms with Gasteiger partial charge in [-0.15, -0.1) is 0 Å². The number of carbonyl (C=O) groups excluding carboxylic acids is 2. The number of benzene rings is 2. The molecular formula is C19H16N2O3. The maximum absolute atomic E-state index is 12.1. The van der Waals surface area contributed by atoms with E-state index in [4.69, 9.17) is 0 Å². The summed E-state index contributed by atoms with van der Waals surface area (Å²) in [6, 6.07) is 17.8. The number of ether oxygens (including phenoxy) is 1. The van der Waals surface area contributed by atoms with E-state index >= 15 is 0 Å². The van der Waals surface area contributed by atoms with Crippen molar-refractivity contribution in [3.8, 4) is 6.07 Å². The smallest absolute Gasteiger partial charge is 0.337 e. The summed E-state index contributed by atoms with van der Waals surface area (Å²) in [7, 11) is 1.31. The third-order valence-corrected chi connectivity index (χ3v) is 3.30. The van der Waals surface area contributed by atoms with E-state index in [0.29, 0.717) is 17.7 Å². The standard InChI is InChI=1S/C19H16N2O3/c1-24-19(23)16-9-7-14(8-10-16)11-17(12-20)18(22)21-13-15-5-3-2-4-6-15/h2-11H,13H2,1H3,(H,21,22)/b17-11-. The summed E-state index contributed by atoms with van der Waals surface area (Å²) in [5, 5.41) is 11.9. The van der Waals surface area contributed by atoms with E-state index < -0.39 is 11.9 Å². The van der Waals surface area contributed by atoms with E-state index in [1.165, 1.54) is 13.2 Å². The number of esters is 1. The number of hydrogen-bond donors (Lipinski definition) is 1.